The Labute approximate surface area is 122 Å². The molecular weight excluding hydrogens is 260 g/mol. The summed E-state index contributed by atoms with van der Waals surface area (Å²) in [7, 11) is 0. The minimum atomic E-state index is -0.128. The van der Waals surface area contributed by atoms with E-state index in [2.05, 4.69) is 19.2 Å². The van der Waals surface area contributed by atoms with Gasteiger partial charge in [-0.2, -0.15) is 0 Å². The topological polar surface area (TPSA) is 55.1 Å². The van der Waals surface area contributed by atoms with Gasteiger partial charge in [0.05, 0.1) is 0 Å². The lowest BCUT2D eigenvalue weighted by Gasteiger charge is -2.15. The van der Waals surface area contributed by atoms with E-state index < -0.39 is 0 Å². The lowest BCUT2D eigenvalue weighted by molar-refractivity contribution is -0.122. The van der Waals surface area contributed by atoms with Gasteiger partial charge in [-0.3, -0.25) is 4.79 Å². The maximum absolute atomic E-state index is 11.7. The summed E-state index contributed by atoms with van der Waals surface area (Å²) in [4.78, 5) is 11.7. The Bertz CT molecular complexity index is 352. The third-order valence-corrected chi connectivity index (χ3v) is 3.38. The lowest BCUT2D eigenvalue weighted by atomic mass is 9.99. The third-order valence-electron chi connectivity index (χ3n) is 3.38. The average Bonchev–Trinajstić information content (AvgIpc) is 2.43. The first-order chi connectivity index (χ1) is 8.67. The van der Waals surface area contributed by atoms with Crippen LogP contribution in [0.3, 0.4) is 0 Å². The van der Waals surface area contributed by atoms with Crippen molar-refractivity contribution in [2.24, 2.45) is 11.7 Å². The molecular formula is C15H25ClN2O. The van der Waals surface area contributed by atoms with Crippen molar-refractivity contribution in [3.63, 3.8) is 0 Å². The second-order valence-corrected chi connectivity index (χ2v) is 4.71. The molecule has 0 aliphatic rings. The number of carbonyl (C=O) groups excluding carboxylic acids is 1. The number of nitrogens with one attached hydrogen (secondary N) is 1. The Morgan fingerprint density at radius 3 is 2.32 bits per heavy atom. The molecule has 0 heterocycles. The lowest BCUT2D eigenvalue weighted by Crippen LogP contribution is -2.32. The highest BCUT2D eigenvalue weighted by Gasteiger charge is 2.11. The molecule has 0 radical (unpaired) electrons. The van der Waals surface area contributed by atoms with Crippen LogP contribution in [0.2, 0.25) is 0 Å². The molecule has 0 bridgehead atoms. The highest BCUT2D eigenvalue weighted by atomic mass is 35.5. The standard InChI is InChI=1S/C15H24N2O.ClH/c1-3-12(4-2)10-15(18)17-11-14(16)13-8-6-5-7-9-13;/h5-9,12,14H,3-4,10-11,16H2,1-2H3,(H,17,18);1H. The molecule has 19 heavy (non-hydrogen) atoms. The van der Waals surface area contributed by atoms with Gasteiger partial charge in [0.2, 0.25) is 5.91 Å². The highest BCUT2D eigenvalue weighted by Crippen LogP contribution is 2.12. The largest absolute Gasteiger partial charge is 0.354 e. The summed E-state index contributed by atoms with van der Waals surface area (Å²) in [5.41, 5.74) is 7.08. The molecule has 108 valence electrons. The number of halogens is 1. The number of rotatable bonds is 7. The van der Waals surface area contributed by atoms with Gasteiger partial charge in [0.25, 0.3) is 0 Å². The third kappa shape index (κ3) is 6.60. The van der Waals surface area contributed by atoms with Crippen LogP contribution in [0.15, 0.2) is 30.3 Å². The van der Waals surface area contributed by atoms with E-state index in [1.54, 1.807) is 0 Å². The maximum Gasteiger partial charge on any atom is 0.220 e. The fraction of sp³-hybridized carbons (Fsp3) is 0.533. The van der Waals surface area contributed by atoms with E-state index in [-0.39, 0.29) is 24.4 Å². The maximum atomic E-state index is 11.7. The van der Waals surface area contributed by atoms with Gasteiger partial charge in [0, 0.05) is 19.0 Å². The van der Waals surface area contributed by atoms with Crippen LogP contribution in [0.25, 0.3) is 0 Å². The van der Waals surface area contributed by atoms with E-state index >= 15 is 0 Å². The van der Waals surface area contributed by atoms with Crippen molar-refractivity contribution in [3.05, 3.63) is 35.9 Å². The van der Waals surface area contributed by atoms with Crippen LogP contribution < -0.4 is 11.1 Å². The highest BCUT2D eigenvalue weighted by molar-refractivity contribution is 5.85. The van der Waals surface area contributed by atoms with Crippen molar-refractivity contribution in [2.75, 3.05) is 6.54 Å². The summed E-state index contributed by atoms with van der Waals surface area (Å²) in [5.74, 6) is 0.591. The smallest absolute Gasteiger partial charge is 0.220 e. The van der Waals surface area contributed by atoms with Crippen molar-refractivity contribution in [2.45, 2.75) is 39.2 Å². The summed E-state index contributed by atoms with van der Waals surface area (Å²) in [5, 5.41) is 2.92. The van der Waals surface area contributed by atoms with Crippen LogP contribution in [0.5, 0.6) is 0 Å². The monoisotopic (exact) mass is 284 g/mol. The second kappa shape index (κ2) is 9.82. The first kappa shape index (κ1) is 17.9. The zero-order valence-electron chi connectivity index (χ0n) is 11.8. The van der Waals surface area contributed by atoms with E-state index in [1.165, 1.54) is 0 Å². The van der Waals surface area contributed by atoms with Gasteiger partial charge in [0.15, 0.2) is 0 Å². The number of nitrogens with two attached hydrogens (primary N) is 1. The molecule has 1 atom stereocenters. The van der Waals surface area contributed by atoms with Crippen LogP contribution >= 0.6 is 12.4 Å². The fourth-order valence-corrected chi connectivity index (χ4v) is 1.95. The minimum absolute atomic E-state index is 0. The zero-order chi connectivity index (χ0) is 13.4. The molecule has 0 aliphatic carbocycles. The predicted octanol–water partition coefficient (Wildman–Crippen LogP) is 3.05. The van der Waals surface area contributed by atoms with Gasteiger partial charge >= 0.3 is 0 Å². The molecule has 1 rings (SSSR count). The van der Waals surface area contributed by atoms with Crippen LogP contribution in [0.4, 0.5) is 0 Å². The molecule has 0 fully saturated rings. The molecule has 3 N–H and O–H groups in total. The van der Waals surface area contributed by atoms with Crippen molar-refractivity contribution in [1.29, 1.82) is 0 Å². The fourth-order valence-electron chi connectivity index (χ4n) is 1.95. The summed E-state index contributed by atoms with van der Waals surface area (Å²) in [6.45, 7) is 4.75. The van der Waals surface area contributed by atoms with Crippen molar-refractivity contribution >= 4 is 18.3 Å². The summed E-state index contributed by atoms with van der Waals surface area (Å²) in [6, 6.07) is 9.72. The van der Waals surface area contributed by atoms with E-state index in [1.807, 2.05) is 30.3 Å². The Balaban J connectivity index is 0.00000324. The molecule has 0 aliphatic heterocycles. The number of carbonyl (C=O) groups is 1. The van der Waals surface area contributed by atoms with Crippen molar-refractivity contribution in [3.8, 4) is 0 Å². The Morgan fingerprint density at radius 2 is 1.79 bits per heavy atom. The quantitative estimate of drug-likeness (QED) is 0.808. The van der Waals surface area contributed by atoms with Crippen LogP contribution in [-0.4, -0.2) is 12.5 Å². The Kier molecular flexibility index (Phi) is 9.27. The molecule has 1 aromatic carbocycles. The molecule has 4 heteroatoms. The molecule has 0 saturated carbocycles. The molecule has 0 aromatic heterocycles. The molecule has 1 unspecified atom stereocenters. The molecule has 3 nitrogen and oxygen atoms in total. The van der Waals surface area contributed by atoms with Gasteiger partial charge in [-0.1, -0.05) is 57.0 Å². The minimum Gasteiger partial charge on any atom is -0.354 e. The normalized spacial score (nSPS) is 11.8. The van der Waals surface area contributed by atoms with E-state index in [4.69, 9.17) is 5.73 Å². The molecule has 0 spiro atoms. The first-order valence-electron chi connectivity index (χ1n) is 6.74. The number of hydrogen-bond donors (Lipinski definition) is 2. The van der Waals surface area contributed by atoms with Gasteiger partial charge in [-0.15, -0.1) is 12.4 Å². The molecule has 1 amide bonds. The summed E-state index contributed by atoms with van der Waals surface area (Å²) >= 11 is 0. The molecule has 0 saturated heterocycles. The number of hydrogen-bond acceptors (Lipinski definition) is 2. The number of amides is 1. The van der Waals surface area contributed by atoms with Crippen LogP contribution in [0, 0.1) is 5.92 Å². The van der Waals surface area contributed by atoms with Gasteiger partial charge in [-0.25, -0.2) is 0 Å². The summed E-state index contributed by atoms with van der Waals surface area (Å²) < 4.78 is 0. The van der Waals surface area contributed by atoms with Crippen molar-refractivity contribution < 1.29 is 4.79 Å². The van der Waals surface area contributed by atoms with Crippen LogP contribution in [0.1, 0.15) is 44.7 Å². The van der Waals surface area contributed by atoms with E-state index in [9.17, 15) is 4.79 Å². The molecule has 1 aromatic rings. The Hall–Kier alpha value is -1.06. The average molecular weight is 285 g/mol. The van der Waals surface area contributed by atoms with Crippen LogP contribution in [-0.2, 0) is 4.79 Å². The van der Waals surface area contributed by atoms with E-state index in [0.717, 1.165) is 18.4 Å². The number of benzene rings is 1. The Morgan fingerprint density at radius 1 is 1.21 bits per heavy atom. The first-order valence-corrected chi connectivity index (χ1v) is 6.74. The second-order valence-electron chi connectivity index (χ2n) is 4.71. The summed E-state index contributed by atoms with van der Waals surface area (Å²) in [6.07, 6.45) is 2.71. The van der Waals surface area contributed by atoms with Gasteiger partial charge in [0.1, 0.15) is 0 Å². The van der Waals surface area contributed by atoms with Gasteiger partial charge < -0.3 is 11.1 Å². The van der Waals surface area contributed by atoms with Crippen molar-refractivity contribution in [1.82, 2.24) is 5.32 Å². The predicted molar refractivity (Wildman–Crippen MR) is 82.3 cm³/mol. The van der Waals surface area contributed by atoms with E-state index in [0.29, 0.717) is 18.9 Å². The SMILES string of the molecule is CCC(CC)CC(=O)NCC(N)c1ccccc1.Cl. The van der Waals surface area contributed by atoms with Gasteiger partial charge in [-0.05, 0) is 11.5 Å². The zero-order valence-corrected chi connectivity index (χ0v) is 12.6.